The molecule has 2 aromatic carbocycles. The average Bonchev–Trinajstić information content (AvgIpc) is 3.33. The Hall–Kier alpha value is -4.16. The van der Waals surface area contributed by atoms with Crippen molar-refractivity contribution in [2.24, 2.45) is 5.92 Å². The van der Waals surface area contributed by atoms with Crippen molar-refractivity contribution in [3.05, 3.63) is 94.8 Å². The predicted octanol–water partition coefficient (Wildman–Crippen LogP) is 6.52. The van der Waals surface area contributed by atoms with Gasteiger partial charge in [-0.25, -0.2) is 4.79 Å². The fourth-order valence-corrected chi connectivity index (χ4v) is 6.90. The highest BCUT2D eigenvalue weighted by molar-refractivity contribution is 5.75. The summed E-state index contributed by atoms with van der Waals surface area (Å²) in [5.74, 6) is 0.0542. The fraction of sp³-hybridized carbons (Fsp3) is 0.471. The number of urea groups is 1. The van der Waals surface area contributed by atoms with Gasteiger partial charge in [-0.15, -0.1) is 0 Å². The number of allylic oxidation sites excluding steroid dienone is 1. The summed E-state index contributed by atoms with van der Waals surface area (Å²) in [6, 6.07) is 8.02. The Labute approximate surface area is 270 Å². The van der Waals surface area contributed by atoms with Crippen molar-refractivity contribution in [3.8, 4) is 0 Å². The number of nitrogens with zero attached hydrogens (tertiary/aromatic N) is 5. The standard InChI is InChI=1S/C34H39F6N5O2/c1-22-7-5-6-8-29(22)31-30-19-26(9-10-42-11-13-43(14-12-42)24(3)46)23(2)44(30)15-16-45(31)32(47)41(4)21-25-17-27(33(35,36)37)20-28(18-25)34(38,39)40/h5-10,17-18,20,26,30-31H,2,11-16,19,21H2,1,3-4H3. The van der Waals surface area contributed by atoms with Crippen LogP contribution in [0, 0.1) is 12.8 Å². The van der Waals surface area contributed by atoms with E-state index in [0.29, 0.717) is 38.2 Å². The zero-order valence-electron chi connectivity index (χ0n) is 26.6. The van der Waals surface area contributed by atoms with Gasteiger partial charge in [-0.2, -0.15) is 26.3 Å². The molecule has 3 aliphatic heterocycles. The minimum Gasteiger partial charge on any atom is -0.374 e. The van der Waals surface area contributed by atoms with Crippen LogP contribution in [0.15, 0.2) is 67.0 Å². The van der Waals surface area contributed by atoms with Gasteiger partial charge >= 0.3 is 18.4 Å². The molecule has 0 aliphatic carbocycles. The zero-order valence-corrected chi connectivity index (χ0v) is 26.6. The van der Waals surface area contributed by atoms with Crippen LogP contribution in [0.1, 0.15) is 47.2 Å². The summed E-state index contributed by atoms with van der Waals surface area (Å²) in [6.07, 6.45) is -5.14. The van der Waals surface area contributed by atoms with Crippen molar-refractivity contribution in [1.82, 2.24) is 24.5 Å². The molecule has 7 nitrogen and oxygen atoms in total. The lowest BCUT2D eigenvalue weighted by atomic mass is 9.89. The van der Waals surface area contributed by atoms with Gasteiger partial charge in [0.1, 0.15) is 0 Å². The van der Waals surface area contributed by atoms with Crippen molar-refractivity contribution in [2.45, 2.75) is 51.2 Å². The SMILES string of the molecule is C=C1C(C=CN2CCN(C(C)=O)CC2)CC2C(c3ccccc3C)N(C(=O)N(C)Cc3cc(C(F)(F)F)cc(C(F)(F)F)c3)CCN12. The van der Waals surface area contributed by atoms with Crippen LogP contribution in [0.3, 0.4) is 0 Å². The van der Waals surface area contributed by atoms with Crippen molar-refractivity contribution < 1.29 is 35.9 Å². The third kappa shape index (κ3) is 7.38. The molecular formula is C34H39F6N5O2. The van der Waals surface area contributed by atoms with Gasteiger partial charge in [0.15, 0.2) is 0 Å². The van der Waals surface area contributed by atoms with E-state index in [-0.39, 0.29) is 36.0 Å². The number of hydrogen-bond acceptors (Lipinski definition) is 4. The summed E-state index contributed by atoms with van der Waals surface area (Å²) in [6.45, 7) is 11.0. The number of aryl methyl sites for hydroxylation is 1. The zero-order chi connectivity index (χ0) is 34.3. The maximum Gasteiger partial charge on any atom is 0.416 e. The van der Waals surface area contributed by atoms with E-state index in [2.05, 4.69) is 28.7 Å². The number of benzene rings is 2. The van der Waals surface area contributed by atoms with E-state index < -0.39 is 42.1 Å². The summed E-state index contributed by atoms with van der Waals surface area (Å²) in [5.41, 5.74) is -0.299. The molecule has 3 saturated heterocycles. The van der Waals surface area contributed by atoms with E-state index in [9.17, 15) is 35.9 Å². The average molecular weight is 664 g/mol. The van der Waals surface area contributed by atoms with Crippen molar-refractivity contribution in [3.63, 3.8) is 0 Å². The normalized spacial score (nSPS) is 22.2. The van der Waals surface area contributed by atoms with Crippen molar-refractivity contribution in [2.75, 3.05) is 46.3 Å². The van der Waals surface area contributed by atoms with E-state index in [1.54, 1.807) is 11.8 Å². The minimum absolute atomic E-state index is 0.00367. The maximum absolute atomic E-state index is 14.0. The van der Waals surface area contributed by atoms with Crippen molar-refractivity contribution in [1.29, 1.82) is 0 Å². The number of carbonyl (C=O) groups excluding carboxylic acids is 2. The Kier molecular flexibility index (Phi) is 9.57. The summed E-state index contributed by atoms with van der Waals surface area (Å²) >= 11 is 0. The quantitative estimate of drug-likeness (QED) is 0.342. The third-order valence-corrected chi connectivity index (χ3v) is 9.41. The van der Waals surface area contributed by atoms with Crippen LogP contribution in [0.2, 0.25) is 0 Å². The fourth-order valence-electron chi connectivity index (χ4n) is 6.90. The van der Waals surface area contributed by atoms with Gasteiger partial charge in [-0.3, -0.25) is 4.79 Å². The van der Waals surface area contributed by atoms with E-state index >= 15 is 0 Å². The van der Waals surface area contributed by atoms with Crippen LogP contribution < -0.4 is 0 Å². The van der Waals surface area contributed by atoms with Crippen LogP contribution in [0.25, 0.3) is 0 Å². The molecule has 3 fully saturated rings. The number of carbonyl (C=O) groups is 2. The number of alkyl halides is 6. The van der Waals surface area contributed by atoms with Gasteiger partial charge in [0.25, 0.3) is 0 Å². The van der Waals surface area contributed by atoms with Crippen LogP contribution in [-0.2, 0) is 23.7 Å². The number of rotatable bonds is 5. The lowest BCUT2D eigenvalue weighted by molar-refractivity contribution is -0.143. The smallest absolute Gasteiger partial charge is 0.374 e. The molecule has 13 heteroatoms. The van der Waals surface area contributed by atoms with Gasteiger partial charge < -0.3 is 24.5 Å². The molecule has 0 aromatic heterocycles. The van der Waals surface area contributed by atoms with E-state index in [0.717, 1.165) is 29.9 Å². The molecule has 254 valence electrons. The topological polar surface area (TPSA) is 50.3 Å². The third-order valence-electron chi connectivity index (χ3n) is 9.41. The Balaban J connectivity index is 1.38. The second-order valence-electron chi connectivity index (χ2n) is 12.5. The molecule has 0 spiro atoms. The molecule has 3 heterocycles. The van der Waals surface area contributed by atoms with E-state index in [1.807, 2.05) is 36.1 Å². The van der Waals surface area contributed by atoms with Gasteiger partial charge in [-0.1, -0.05) is 36.9 Å². The van der Waals surface area contributed by atoms with Crippen molar-refractivity contribution >= 4 is 11.9 Å². The molecule has 0 N–H and O–H groups in total. The maximum atomic E-state index is 14.0. The monoisotopic (exact) mass is 663 g/mol. The van der Waals surface area contributed by atoms with Gasteiger partial charge in [0, 0.05) is 71.4 Å². The summed E-state index contributed by atoms with van der Waals surface area (Å²) < 4.78 is 81.0. The molecule has 47 heavy (non-hydrogen) atoms. The molecule has 5 rings (SSSR count). The molecule has 3 amide bonds. The van der Waals surface area contributed by atoms with Crippen LogP contribution in [-0.4, -0.2) is 88.8 Å². The van der Waals surface area contributed by atoms with Crippen LogP contribution >= 0.6 is 0 Å². The number of hydrogen-bond donors (Lipinski definition) is 0. The summed E-state index contributed by atoms with van der Waals surface area (Å²) in [5, 5.41) is 0. The molecule has 2 aromatic rings. The minimum atomic E-state index is -4.98. The Morgan fingerprint density at radius 3 is 2.13 bits per heavy atom. The first-order valence-corrected chi connectivity index (χ1v) is 15.5. The van der Waals surface area contributed by atoms with Gasteiger partial charge in [0.05, 0.1) is 23.2 Å². The van der Waals surface area contributed by atoms with Crippen LogP contribution in [0.5, 0.6) is 0 Å². The Morgan fingerprint density at radius 1 is 0.936 bits per heavy atom. The number of piperazine rings is 2. The first kappa shape index (κ1) is 34.2. The number of fused-ring (bicyclic) bond motifs is 1. The second kappa shape index (κ2) is 13.2. The van der Waals surface area contributed by atoms with Crippen LogP contribution in [0.4, 0.5) is 31.1 Å². The van der Waals surface area contributed by atoms with Gasteiger partial charge in [-0.05, 0) is 54.4 Å². The molecule has 3 aliphatic rings. The molecule has 3 atom stereocenters. The largest absolute Gasteiger partial charge is 0.416 e. The molecule has 0 radical (unpaired) electrons. The number of amides is 3. The van der Waals surface area contributed by atoms with E-state index in [1.165, 1.54) is 11.9 Å². The highest BCUT2D eigenvalue weighted by atomic mass is 19.4. The first-order valence-electron chi connectivity index (χ1n) is 15.5. The second-order valence-corrected chi connectivity index (χ2v) is 12.5. The molecule has 3 unspecified atom stereocenters. The first-order chi connectivity index (χ1) is 22.0. The summed E-state index contributed by atoms with van der Waals surface area (Å²) in [4.78, 5) is 34.8. The van der Waals surface area contributed by atoms with Gasteiger partial charge in [0.2, 0.25) is 5.91 Å². The molecular weight excluding hydrogens is 624 g/mol. The summed E-state index contributed by atoms with van der Waals surface area (Å²) in [7, 11) is 1.39. The highest BCUT2D eigenvalue weighted by Gasteiger charge is 2.47. The predicted molar refractivity (Wildman–Crippen MR) is 165 cm³/mol. The Bertz CT molecular complexity index is 1500. The highest BCUT2D eigenvalue weighted by Crippen LogP contribution is 2.45. The number of halogens is 6. The lowest BCUT2D eigenvalue weighted by Crippen LogP contribution is -2.56. The van der Waals surface area contributed by atoms with E-state index in [4.69, 9.17) is 0 Å². The Morgan fingerprint density at radius 2 is 1.55 bits per heavy atom. The molecule has 0 bridgehead atoms. The lowest BCUT2D eigenvalue weighted by Gasteiger charge is -2.47. The molecule has 0 saturated carbocycles.